The Morgan fingerprint density at radius 2 is 1.62 bits per heavy atom. The summed E-state index contributed by atoms with van der Waals surface area (Å²) in [7, 11) is 1.88. The monoisotopic (exact) mass is 434 g/mol. The quantitative estimate of drug-likeness (QED) is 0.364. The summed E-state index contributed by atoms with van der Waals surface area (Å²) >= 11 is 0. The highest BCUT2D eigenvalue weighted by atomic mass is 16.5. The summed E-state index contributed by atoms with van der Waals surface area (Å²) in [6.45, 7) is 7.95. The number of unbranched alkanes of at least 4 members (excludes halogenated alkanes) is 2. The van der Waals surface area contributed by atoms with Gasteiger partial charge in [0.25, 0.3) is 11.8 Å². The molecule has 0 saturated heterocycles. The summed E-state index contributed by atoms with van der Waals surface area (Å²) < 4.78 is 5.78. The van der Waals surface area contributed by atoms with Crippen molar-refractivity contribution in [1.82, 2.24) is 9.80 Å². The molecule has 5 heteroatoms. The van der Waals surface area contributed by atoms with Crippen LogP contribution < -0.4 is 4.74 Å². The summed E-state index contributed by atoms with van der Waals surface area (Å²) in [5.74, 6) is 0.775. The highest BCUT2D eigenvalue weighted by molar-refractivity contribution is 6.35. The van der Waals surface area contributed by atoms with Gasteiger partial charge in [0.05, 0.1) is 12.2 Å². The van der Waals surface area contributed by atoms with Gasteiger partial charge in [0.2, 0.25) is 0 Å². The van der Waals surface area contributed by atoms with Gasteiger partial charge >= 0.3 is 0 Å². The van der Waals surface area contributed by atoms with Gasteiger partial charge in [-0.1, -0.05) is 76.1 Å². The standard InChI is InChI=1S/C27H34N2O3/c1-5-6-10-17-29-26(30)24(22-13-15-23(16-14-22)32-19-20(2)3)25(27(29)31)28(4)18-21-11-8-7-9-12-21/h7-9,11-16,20H,5-6,10,17-19H2,1-4H3. The van der Waals surface area contributed by atoms with Crippen LogP contribution in [-0.4, -0.2) is 41.8 Å². The van der Waals surface area contributed by atoms with Crippen molar-refractivity contribution >= 4 is 17.4 Å². The molecule has 0 saturated carbocycles. The molecule has 2 aromatic carbocycles. The molecule has 170 valence electrons. The van der Waals surface area contributed by atoms with Gasteiger partial charge in [-0.15, -0.1) is 0 Å². The van der Waals surface area contributed by atoms with Crippen molar-refractivity contribution in [3.63, 3.8) is 0 Å². The number of imide groups is 1. The second kappa shape index (κ2) is 11.0. The zero-order valence-electron chi connectivity index (χ0n) is 19.6. The van der Waals surface area contributed by atoms with Crippen molar-refractivity contribution < 1.29 is 14.3 Å². The van der Waals surface area contributed by atoms with Crippen molar-refractivity contribution in [1.29, 1.82) is 0 Å². The van der Waals surface area contributed by atoms with Crippen LogP contribution >= 0.6 is 0 Å². The fourth-order valence-electron chi connectivity index (χ4n) is 3.82. The maximum atomic E-state index is 13.4. The minimum atomic E-state index is -0.211. The Morgan fingerprint density at radius 3 is 2.25 bits per heavy atom. The lowest BCUT2D eigenvalue weighted by Gasteiger charge is -2.21. The Hall–Kier alpha value is -3.08. The molecule has 1 aliphatic heterocycles. The Bertz CT molecular complexity index is 949. The number of rotatable bonds is 11. The molecule has 1 heterocycles. The van der Waals surface area contributed by atoms with Gasteiger partial charge in [-0.2, -0.15) is 0 Å². The molecule has 0 spiro atoms. The maximum absolute atomic E-state index is 13.4. The fourth-order valence-corrected chi connectivity index (χ4v) is 3.82. The van der Waals surface area contributed by atoms with Crippen molar-refractivity contribution in [3.05, 3.63) is 71.4 Å². The molecule has 0 radical (unpaired) electrons. The van der Waals surface area contributed by atoms with Crippen LogP contribution in [0.2, 0.25) is 0 Å². The Labute approximate surface area is 191 Å². The van der Waals surface area contributed by atoms with E-state index in [1.165, 1.54) is 4.90 Å². The Morgan fingerprint density at radius 1 is 0.938 bits per heavy atom. The molecule has 0 aromatic heterocycles. The molecule has 32 heavy (non-hydrogen) atoms. The van der Waals surface area contributed by atoms with Crippen LogP contribution in [0.1, 0.15) is 51.2 Å². The number of nitrogens with zero attached hydrogens (tertiary/aromatic N) is 2. The van der Waals surface area contributed by atoms with E-state index < -0.39 is 0 Å². The molecule has 0 N–H and O–H groups in total. The molecule has 0 bridgehead atoms. The molecular formula is C27H34N2O3. The molecule has 0 unspecified atom stereocenters. The van der Waals surface area contributed by atoms with Crippen LogP contribution in [0.15, 0.2) is 60.3 Å². The first kappa shape index (κ1) is 23.6. The molecule has 5 nitrogen and oxygen atoms in total. The van der Waals surface area contributed by atoms with E-state index in [2.05, 4.69) is 20.8 Å². The van der Waals surface area contributed by atoms with E-state index in [9.17, 15) is 9.59 Å². The van der Waals surface area contributed by atoms with Gasteiger partial charge in [-0.25, -0.2) is 0 Å². The number of likely N-dealkylation sites (N-methyl/N-ethyl adjacent to an activating group) is 1. The first-order valence-electron chi connectivity index (χ1n) is 11.5. The van der Waals surface area contributed by atoms with E-state index in [-0.39, 0.29) is 11.8 Å². The Kier molecular flexibility index (Phi) is 8.09. The van der Waals surface area contributed by atoms with Crippen LogP contribution in [0.5, 0.6) is 5.75 Å². The average molecular weight is 435 g/mol. The van der Waals surface area contributed by atoms with Gasteiger partial charge in [-0.05, 0) is 35.6 Å². The van der Waals surface area contributed by atoms with Crippen LogP contribution in [0.25, 0.3) is 5.57 Å². The van der Waals surface area contributed by atoms with Crippen molar-refractivity contribution in [2.24, 2.45) is 5.92 Å². The lowest BCUT2D eigenvalue weighted by atomic mass is 10.0. The second-order valence-electron chi connectivity index (χ2n) is 8.76. The maximum Gasteiger partial charge on any atom is 0.277 e. The number of hydrogen-bond donors (Lipinski definition) is 0. The lowest BCUT2D eigenvalue weighted by molar-refractivity contribution is -0.137. The van der Waals surface area contributed by atoms with Crippen LogP contribution in [0, 0.1) is 5.92 Å². The van der Waals surface area contributed by atoms with E-state index in [4.69, 9.17) is 4.74 Å². The number of carbonyl (C=O) groups excluding carboxylic acids is 2. The normalized spacial score (nSPS) is 14.0. The number of benzene rings is 2. The van der Waals surface area contributed by atoms with Gasteiger partial charge < -0.3 is 9.64 Å². The summed E-state index contributed by atoms with van der Waals surface area (Å²) in [4.78, 5) is 30.0. The van der Waals surface area contributed by atoms with Crippen LogP contribution in [0.4, 0.5) is 0 Å². The van der Waals surface area contributed by atoms with Gasteiger partial charge in [0.1, 0.15) is 11.4 Å². The number of hydrogen-bond acceptors (Lipinski definition) is 4. The van der Waals surface area contributed by atoms with Crippen molar-refractivity contribution in [3.8, 4) is 5.75 Å². The van der Waals surface area contributed by atoms with E-state index in [1.54, 1.807) is 0 Å². The topological polar surface area (TPSA) is 49.9 Å². The second-order valence-corrected chi connectivity index (χ2v) is 8.76. The highest BCUT2D eigenvalue weighted by Crippen LogP contribution is 2.33. The smallest absolute Gasteiger partial charge is 0.277 e. The highest BCUT2D eigenvalue weighted by Gasteiger charge is 2.40. The molecule has 2 amide bonds. The summed E-state index contributed by atoms with van der Waals surface area (Å²) in [5.41, 5.74) is 2.77. The summed E-state index contributed by atoms with van der Waals surface area (Å²) in [6.07, 6.45) is 2.84. The summed E-state index contributed by atoms with van der Waals surface area (Å²) in [5, 5.41) is 0. The van der Waals surface area contributed by atoms with Crippen LogP contribution in [-0.2, 0) is 16.1 Å². The lowest BCUT2D eigenvalue weighted by Crippen LogP contribution is -2.34. The van der Waals surface area contributed by atoms with Crippen LogP contribution in [0.3, 0.4) is 0 Å². The molecule has 1 aliphatic rings. The minimum absolute atomic E-state index is 0.209. The van der Waals surface area contributed by atoms with Crippen molar-refractivity contribution in [2.45, 2.75) is 46.6 Å². The predicted octanol–water partition coefficient (Wildman–Crippen LogP) is 5.12. The zero-order valence-corrected chi connectivity index (χ0v) is 19.6. The fraction of sp³-hybridized carbons (Fsp3) is 0.407. The Balaban J connectivity index is 1.91. The van der Waals surface area contributed by atoms with E-state index in [0.29, 0.717) is 36.9 Å². The number of amides is 2. The number of ether oxygens (including phenoxy) is 1. The third-order valence-corrected chi connectivity index (χ3v) is 5.50. The zero-order chi connectivity index (χ0) is 23.1. The third kappa shape index (κ3) is 5.58. The van der Waals surface area contributed by atoms with Gasteiger partial charge in [-0.3, -0.25) is 14.5 Å². The van der Waals surface area contributed by atoms with Gasteiger partial charge in [0, 0.05) is 20.1 Å². The molecule has 3 rings (SSSR count). The number of carbonyl (C=O) groups is 2. The van der Waals surface area contributed by atoms with Crippen molar-refractivity contribution in [2.75, 3.05) is 20.2 Å². The molecular weight excluding hydrogens is 400 g/mol. The molecule has 0 atom stereocenters. The molecule has 2 aromatic rings. The van der Waals surface area contributed by atoms with Gasteiger partial charge in [0.15, 0.2) is 0 Å². The average Bonchev–Trinajstić information content (AvgIpc) is 3.03. The predicted molar refractivity (Wildman–Crippen MR) is 128 cm³/mol. The first-order valence-corrected chi connectivity index (χ1v) is 11.5. The first-order chi connectivity index (χ1) is 15.4. The molecule has 0 fully saturated rings. The minimum Gasteiger partial charge on any atom is -0.493 e. The van der Waals surface area contributed by atoms with E-state index in [0.717, 1.165) is 36.1 Å². The summed E-state index contributed by atoms with van der Waals surface area (Å²) in [6, 6.07) is 17.5. The SMILES string of the molecule is CCCCCN1C(=O)C(c2ccc(OCC(C)C)cc2)=C(N(C)Cc2ccccc2)C1=O. The van der Waals surface area contributed by atoms with E-state index in [1.807, 2.05) is 66.5 Å². The largest absolute Gasteiger partial charge is 0.493 e. The molecule has 0 aliphatic carbocycles. The van der Waals surface area contributed by atoms with E-state index >= 15 is 0 Å². The third-order valence-electron chi connectivity index (χ3n) is 5.50.